The molecule has 0 radical (unpaired) electrons. The zero-order valence-corrected chi connectivity index (χ0v) is 15.6. The number of aromatic nitrogens is 4. The summed E-state index contributed by atoms with van der Waals surface area (Å²) in [5, 5.41) is 5.70. The van der Waals surface area contributed by atoms with Crippen molar-refractivity contribution < 1.29 is 4.79 Å². The molecule has 2 aromatic heterocycles. The summed E-state index contributed by atoms with van der Waals surface area (Å²) < 4.78 is 1.03. The number of nitrogens with zero attached hydrogens (tertiary/aromatic N) is 3. The molecule has 29 heavy (non-hydrogen) atoms. The molecule has 1 aliphatic carbocycles. The van der Waals surface area contributed by atoms with Crippen molar-refractivity contribution in [2.24, 2.45) is 0 Å². The van der Waals surface area contributed by atoms with Gasteiger partial charge in [-0.15, -0.1) is 0 Å². The fraction of sp³-hybridized carbons (Fsp3) is 0.250. The molecule has 0 saturated carbocycles. The van der Waals surface area contributed by atoms with Crippen LogP contribution in [-0.4, -0.2) is 32.0 Å². The van der Waals surface area contributed by atoms with E-state index in [2.05, 4.69) is 31.7 Å². The van der Waals surface area contributed by atoms with Gasteiger partial charge in [0.15, 0.2) is 0 Å². The molecule has 148 valence electrons. The first-order valence-corrected chi connectivity index (χ1v) is 9.37. The molecular weight excluding hydrogens is 372 g/mol. The molecule has 9 heteroatoms. The van der Waals surface area contributed by atoms with Gasteiger partial charge in [0.1, 0.15) is 11.5 Å². The van der Waals surface area contributed by atoms with Crippen LogP contribution in [0.4, 0.5) is 11.5 Å². The molecule has 9 nitrogen and oxygen atoms in total. The van der Waals surface area contributed by atoms with E-state index in [0.29, 0.717) is 5.82 Å². The minimum atomic E-state index is -0.546. The van der Waals surface area contributed by atoms with Gasteiger partial charge in [0.05, 0.1) is 6.20 Å². The zero-order valence-electron chi connectivity index (χ0n) is 15.6. The molecule has 0 unspecified atom stereocenters. The lowest BCUT2D eigenvalue weighted by Crippen LogP contribution is -2.39. The van der Waals surface area contributed by atoms with Gasteiger partial charge in [0.2, 0.25) is 0 Å². The maximum absolute atomic E-state index is 12.4. The Morgan fingerprint density at radius 1 is 1.14 bits per heavy atom. The van der Waals surface area contributed by atoms with Crippen LogP contribution >= 0.6 is 0 Å². The van der Waals surface area contributed by atoms with E-state index in [1.54, 1.807) is 0 Å². The molecule has 2 heterocycles. The second kappa shape index (κ2) is 8.09. The number of aromatic amines is 1. The average Bonchev–Trinajstić information content (AvgIpc) is 3.18. The number of carbonyl (C=O) groups excluding carboxylic acids is 1. The third-order valence-corrected chi connectivity index (χ3v) is 4.81. The molecule has 1 aromatic carbocycles. The second-order valence-corrected chi connectivity index (χ2v) is 6.79. The maximum atomic E-state index is 12.4. The Bertz CT molecular complexity index is 1120. The largest absolute Gasteiger partial charge is 0.349 e. The van der Waals surface area contributed by atoms with Crippen LogP contribution in [-0.2, 0) is 19.4 Å². The first-order valence-electron chi connectivity index (χ1n) is 9.37. The summed E-state index contributed by atoms with van der Waals surface area (Å²) in [6, 6.07) is 7.40. The molecular formula is C20H20N6O3. The molecule has 3 aromatic rings. The van der Waals surface area contributed by atoms with E-state index in [9.17, 15) is 14.4 Å². The minimum absolute atomic E-state index is 0.0410. The van der Waals surface area contributed by atoms with E-state index in [-0.39, 0.29) is 18.8 Å². The van der Waals surface area contributed by atoms with Gasteiger partial charge in [0.25, 0.3) is 11.5 Å². The van der Waals surface area contributed by atoms with Crippen LogP contribution in [0.25, 0.3) is 0 Å². The van der Waals surface area contributed by atoms with Crippen LogP contribution in [0.1, 0.15) is 28.0 Å². The number of anilines is 2. The number of hydrogen-bond acceptors (Lipinski definition) is 6. The summed E-state index contributed by atoms with van der Waals surface area (Å²) in [5.41, 5.74) is 2.64. The minimum Gasteiger partial charge on any atom is -0.349 e. The van der Waals surface area contributed by atoms with Crippen molar-refractivity contribution in [1.29, 1.82) is 0 Å². The fourth-order valence-electron chi connectivity index (χ4n) is 3.39. The third kappa shape index (κ3) is 4.23. The molecule has 3 N–H and O–H groups in total. The van der Waals surface area contributed by atoms with Crippen molar-refractivity contribution in [3.8, 4) is 0 Å². The number of carbonyl (C=O) groups is 1. The Hall–Kier alpha value is -3.75. The Balaban J connectivity index is 1.41. The summed E-state index contributed by atoms with van der Waals surface area (Å²) in [5.74, 6) is -0.0877. The highest BCUT2D eigenvalue weighted by molar-refractivity contribution is 5.91. The number of aryl methyl sites for hydroxylation is 2. The van der Waals surface area contributed by atoms with Gasteiger partial charge in [-0.25, -0.2) is 9.78 Å². The highest BCUT2D eigenvalue weighted by atomic mass is 16.2. The van der Waals surface area contributed by atoms with Gasteiger partial charge >= 0.3 is 5.69 Å². The topological polar surface area (TPSA) is 122 Å². The van der Waals surface area contributed by atoms with Crippen molar-refractivity contribution in [3.63, 3.8) is 0 Å². The summed E-state index contributed by atoms with van der Waals surface area (Å²) in [7, 11) is 0. The van der Waals surface area contributed by atoms with Crippen molar-refractivity contribution in [1.82, 2.24) is 24.8 Å². The second-order valence-electron chi connectivity index (χ2n) is 6.79. The Kier molecular flexibility index (Phi) is 5.19. The lowest BCUT2D eigenvalue weighted by Gasteiger charge is -2.10. The van der Waals surface area contributed by atoms with E-state index < -0.39 is 17.2 Å². The maximum Gasteiger partial charge on any atom is 0.329 e. The highest BCUT2D eigenvalue weighted by Crippen LogP contribution is 2.25. The number of nitrogens with one attached hydrogen (secondary N) is 3. The summed E-state index contributed by atoms with van der Waals surface area (Å²) in [6.07, 6.45) is 7.51. The van der Waals surface area contributed by atoms with Gasteiger partial charge in [-0.05, 0) is 42.5 Å². The lowest BCUT2D eigenvalue weighted by atomic mass is 10.1. The van der Waals surface area contributed by atoms with Gasteiger partial charge in [0, 0.05) is 37.2 Å². The van der Waals surface area contributed by atoms with Crippen molar-refractivity contribution in [2.75, 3.05) is 11.9 Å². The fourth-order valence-corrected chi connectivity index (χ4v) is 3.39. The van der Waals surface area contributed by atoms with E-state index in [1.807, 2.05) is 12.1 Å². The monoisotopic (exact) mass is 392 g/mol. The Labute approximate surface area is 165 Å². The van der Waals surface area contributed by atoms with Gasteiger partial charge in [-0.1, -0.05) is 6.07 Å². The van der Waals surface area contributed by atoms with Crippen molar-refractivity contribution in [3.05, 3.63) is 80.5 Å². The summed E-state index contributed by atoms with van der Waals surface area (Å²) in [4.78, 5) is 47.0. The summed E-state index contributed by atoms with van der Waals surface area (Å²) >= 11 is 0. The first kappa shape index (κ1) is 18.6. The van der Waals surface area contributed by atoms with Crippen LogP contribution in [0, 0.1) is 0 Å². The van der Waals surface area contributed by atoms with E-state index >= 15 is 0 Å². The molecule has 1 aliphatic rings. The smallest absolute Gasteiger partial charge is 0.329 e. The SMILES string of the molecule is O=C(NCCn1c(=O)cc(Nc2ccc3c(c2)CCC3)[nH]c1=O)c1cnccn1. The third-order valence-electron chi connectivity index (χ3n) is 4.81. The predicted octanol–water partition coefficient (Wildman–Crippen LogP) is 0.989. The highest BCUT2D eigenvalue weighted by Gasteiger charge is 2.12. The van der Waals surface area contributed by atoms with Gasteiger partial charge < -0.3 is 10.6 Å². The number of H-pyrrole nitrogens is 1. The van der Waals surface area contributed by atoms with Gasteiger partial charge in [-0.3, -0.25) is 24.1 Å². The number of amides is 1. The number of benzene rings is 1. The zero-order chi connectivity index (χ0) is 20.2. The van der Waals surface area contributed by atoms with Crippen LogP contribution in [0.2, 0.25) is 0 Å². The van der Waals surface area contributed by atoms with Crippen molar-refractivity contribution >= 4 is 17.4 Å². The average molecular weight is 392 g/mol. The molecule has 1 amide bonds. The number of hydrogen-bond donors (Lipinski definition) is 3. The Morgan fingerprint density at radius 2 is 2.00 bits per heavy atom. The van der Waals surface area contributed by atoms with Gasteiger partial charge in [-0.2, -0.15) is 0 Å². The predicted molar refractivity (Wildman–Crippen MR) is 107 cm³/mol. The van der Waals surface area contributed by atoms with E-state index in [4.69, 9.17) is 0 Å². The van der Waals surface area contributed by atoms with Crippen LogP contribution in [0.5, 0.6) is 0 Å². The molecule has 4 rings (SSSR count). The molecule has 0 spiro atoms. The molecule has 0 bridgehead atoms. The molecule has 0 aliphatic heterocycles. The number of rotatable bonds is 6. The summed E-state index contributed by atoms with van der Waals surface area (Å²) in [6.45, 7) is 0.148. The molecule has 0 saturated heterocycles. The standard InChI is InChI=1S/C20H20N6O3/c27-18-11-17(24-15-5-4-13-2-1-3-14(13)10-15)25-20(29)26(18)9-8-23-19(28)16-12-21-6-7-22-16/h4-7,10-12,24H,1-3,8-9H2,(H,23,28)(H,25,29). The van der Waals surface area contributed by atoms with Crippen LogP contribution in [0.3, 0.4) is 0 Å². The molecule has 0 fully saturated rings. The van der Waals surface area contributed by atoms with E-state index in [0.717, 1.165) is 29.5 Å². The quantitative estimate of drug-likeness (QED) is 0.575. The number of fused-ring (bicyclic) bond motifs is 1. The van der Waals surface area contributed by atoms with Crippen LogP contribution in [0.15, 0.2) is 52.4 Å². The molecule has 0 atom stereocenters. The lowest BCUT2D eigenvalue weighted by molar-refractivity contribution is 0.0946. The first-order chi connectivity index (χ1) is 14.1. The van der Waals surface area contributed by atoms with E-state index in [1.165, 1.54) is 35.8 Å². The van der Waals surface area contributed by atoms with Crippen molar-refractivity contribution in [2.45, 2.75) is 25.8 Å². The Morgan fingerprint density at radius 3 is 2.79 bits per heavy atom. The normalized spacial score (nSPS) is 12.4. The van der Waals surface area contributed by atoms with Crippen LogP contribution < -0.4 is 21.9 Å².